The predicted molar refractivity (Wildman–Crippen MR) is 77.9 cm³/mol. The van der Waals surface area contributed by atoms with Gasteiger partial charge in [-0.1, -0.05) is 30.3 Å². The molecule has 1 fully saturated rings. The van der Waals surface area contributed by atoms with Crippen LogP contribution in [0.15, 0.2) is 30.3 Å². The molecule has 0 radical (unpaired) electrons. The van der Waals surface area contributed by atoms with E-state index in [1.54, 1.807) is 0 Å². The van der Waals surface area contributed by atoms with E-state index >= 15 is 0 Å². The number of carboxylic acids is 1. The quantitative estimate of drug-likeness (QED) is 0.800. The zero-order valence-corrected chi connectivity index (χ0v) is 12.0. The summed E-state index contributed by atoms with van der Waals surface area (Å²) in [4.78, 5) is 23.2. The zero-order valence-electron chi connectivity index (χ0n) is 12.0. The van der Waals surface area contributed by atoms with Crippen LogP contribution >= 0.6 is 0 Å². The highest BCUT2D eigenvalue weighted by atomic mass is 16.5. The fourth-order valence-electron chi connectivity index (χ4n) is 2.44. The van der Waals surface area contributed by atoms with Crippen molar-refractivity contribution in [1.82, 2.24) is 5.32 Å². The van der Waals surface area contributed by atoms with E-state index in [2.05, 4.69) is 5.32 Å². The van der Waals surface area contributed by atoms with Gasteiger partial charge in [0, 0.05) is 6.61 Å². The van der Waals surface area contributed by atoms with Crippen LogP contribution in [0.5, 0.6) is 0 Å². The van der Waals surface area contributed by atoms with Crippen LogP contribution in [0.25, 0.3) is 0 Å². The summed E-state index contributed by atoms with van der Waals surface area (Å²) in [6.07, 6.45) is 2.64. The summed E-state index contributed by atoms with van der Waals surface area (Å²) in [5.41, 5.74) is 1.18. The summed E-state index contributed by atoms with van der Waals surface area (Å²) in [5.74, 6) is -1.39. The number of hydrogen-bond donors (Lipinski definition) is 2. The first-order valence-corrected chi connectivity index (χ1v) is 7.31. The third kappa shape index (κ3) is 4.86. The van der Waals surface area contributed by atoms with Gasteiger partial charge in [0.25, 0.3) is 0 Å². The molecule has 1 aliphatic heterocycles. The fraction of sp³-hybridized carbons (Fsp3) is 0.500. The van der Waals surface area contributed by atoms with E-state index in [9.17, 15) is 14.7 Å². The molecule has 1 heterocycles. The van der Waals surface area contributed by atoms with E-state index in [4.69, 9.17) is 4.74 Å². The second-order valence-electron chi connectivity index (χ2n) is 5.34. The van der Waals surface area contributed by atoms with Crippen molar-refractivity contribution in [3.63, 3.8) is 0 Å². The van der Waals surface area contributed by atoms with Crippen LogP contribution in [0, 0.1) is 5.92 Å². The topological polar surface area (TPSA) is 75.6 Å². The molecule has 0 spiro atoms. The molecule has 114 valence electrons. The van der Waals surface area contributed by atoms with Crippen molar-refractivity contribution < 1.29 is 19.4 Å². The van der Waals surface area contributed by atoms with Gasteiger partial charge in [-0.25, -0.2) is 4.79 Å². The molecule has 0 aromatic heterocycles. The van der Waals surface area contributed by atoms with Gasteiger partial charge in [0.1, 0.15) is 6.04 Å². The van der Waals surface area contributed by atoms with Crippen LogP contribution in [-0.4, -0.2) is 36.2 Å². The number of nitrogens with one attached hydrogen (secondary N) is 1. The number of carbonyl (C=O) groups is 2. The molecule has 0 aliphatic carbocycles. The third-order valence-corrected chi connectivity index (χ3v) is 3.72. The predicted octanol–water partition coefficient (Wildman–Crippen LogP) is 1.62. The van der Waals surface area contributed by atoms with Gasteiger partial charge < -0.3 is 15.2 Å². The Labute approximate surface area is 124 Å². The second-order valence-corrected chi connectivity index (χ2v) is 5.34. The standard InChI is InChI=1S/C16H21NO4/c18-15(13-9-10-21-11-13)17-14(16(19)20)8-4-7-12-5-2-1-3-6-12/h1-3,5-6,13-14H,4,7-11H2,(H,17,18)(H,19,20)/t13-,14-/m1/s1. The van der Waals surface area contributed by atoms with Crippen molar-refractivity contribution in [1.29, 1.82) is 0 Å². The Morgan fingerprint density at radius 2 is 2.10 bits per heavy atom. The molecular weight excluding hydrogens is 270 g/mol. The molecule has 1 aromatic rings. The lowest BCUT2D eigenvalue weighted by Gasteiger charge is -2.16. The lowest BCUT2D eigenvalue weighted by molar-refractivity contribution is -0.142. The smallest absolute Gasteiger partial charge is 0.326 e. The number of amides is 1. The van der Waals surface area contributed by atoms with E-state index in [1.165, 1.54) is 5.56 Å². The van der Waals surface area contributed by atoms with E-state index in [1.807, 2.05) is 30.3 Å². The number of aryl methyl sites for hydroxylation is 1. The second kappa shape index (κ2) is 7.78. The van der Waals surface area contributed by atoms with Crippen molar-refractivity contribution in [3.8, 4) is 0 Å². The Morgan fingerprint density at radius 1 is 1.33 bits per heavy atom. The maximum Gasteiger partial charge on any atom is 0.326 e. The summed E-state index contributed by atoms with van der Waals surface area (Å²) >= 11 is 0. The maximum atomic E-state index is 11.9. The molecule has 2 atom stereocenters. The van der Waals surface area contributed by atoms with Crippen LogP contribution in [0.4, 0.5) is 0 Å². The average molecular weight is 291 g/mol. The Bertz CT molecular complexity index is 468. The van der Waals surface area contributed by atoms with Crippen LogP contribution in [0.2, 0.25) is 0 Å². The summed E-state index contributed by atoms with van der Waals surface area (Å²) in [7, 11) is 0. The summed E-state index contributed by atoms with van der Waals surface area (Å²) in [6, 6.07) is 9.10. The lowest BCUT2D eigenvalue weighted by Crippen LogP contribution is -2.43. The molecule has 2 N–H and O–H groups in total. The Hall–Kier alpha value is -1.88. The van der Waals surface area contributed by atoms with Crippen LogP contribution < -0.4 is 5.32 Å². The molecule has 1 aromatic carbocycles. The largest absolute Gasteiger partial charge is 0.480 e. The number of ether oxygens (including phenoxy) is 1. The number of carboxylic acid groups (broad SMARTS) is 1. The summed E-state index contributed by atoms with van der Waals surface area (Å²) in [6.45, 7) is 0.964. The SMILES string of the molecule is O=C(N[C@H](CCCc1ccccc1)C(=O)O)[C@@H]1CCOC1. The van der Waals surface area contributed by atoms with Gasteiger partial charge >= 0.3 is 5.97 Å². The Morgan fingerprint density at radius 3 is 2.71 bits per heavy atom. The van der Waals surface area contributed by atoms with Crippen molar-refractivity contribution >= 4 is 11.9 Å². The molecule has 0 bridgehead atoms. The van der Waals surface area contributed by atoms with Gasteiger partial charge in [0.2, 0.25) is 5.91 Å². The fourth-order valence-corrected chi connectivity index (χ4v) is 2.44. The zero-order chi connectivity index (χ0) is 15.1. The maximum absolute atomic E-state index is 11.9. The van der Waals surface area contributed by atoms with Gasteiger partial charge in [-0.15, -0.1) is 0 Å². The first-order chi connectivity index (χ1) is 10.2. The highest BCUT2D eigenvalue weighted by Crippen LogP contribution is 2.13. The van der Waals surface area contributed by atoms with Gasteiger partial charge in [-0.2, -0.15) is 0 Å². The molecule has 5 nitrogen and oxygen atoms in total. The monoisotopic (exact) mass is 291 g/mol. The van der Waals surface area contributed by atoms with Crippen molar-refractivity contribution in [3.05, 3.63) is 35.9 Å². The lowest BCUT2D eigenvalue weighted by atomic mass is 10.0. The molecule has 2 rings (SSSR count). The van der Waals surface area contributed by atoms with Crippen LogP contribution in [0.1, 0.15) is 24.8 Å². The molecule has 0 saturated carbocycles. The van der Waals surface area contributed by atoms with Gasteiger partial charge in [-0.3, -0.25) is 4.79 Å². The molecular formula is C16H21NO4. The first kappa shape index (κ1) is 15.5. The van der Waals surface area contributed by atoms with E-state index in [0.29, 0.717) is 26.1 Å². The van der Waals surface area contributed by atoms with Crippen LogP contribution in [0.3, 0.4) is 0 Å². The summed E-state index contributed by atoms with van der Waals surface area (Å²) in [5, 5.41) is 11.8. The number of hydrogen-bond acceptors (Lipinski definition) is 3. The minimum absolute atomic E-state index is 0.207. The Balaban J connectivity index is 1.79. The third-order valence-electron chi connectivity index (χ3n) is 3.72. The van der Waals surface area contributed by atoms with E-state index in [-0.39, 0.29) is 11.8 Å². The molecule has 0 unspecified atom stereocenters. The molecule has 1 aliphatic rings. The highest BCUT2D eigenvalue weighted by molar-refractivity contribution is 5.85. The Kier molecular flexibility index (Phi) is 5.75. The number of benzene rings is 1. The average Bonchev–Trinajstić information content (AvgIpc) is 3.01. The molecule has 1 amide bonds. The number of rotatable bonds is 7. The normalized spacial score (nSPS) is 19.1. The van der Waals surface area contributed by atoms with Gasteiger partial charge in [-0.05, 0) is 31.2 Å². The minimum Gasteiger partial charge on any atom is -0.480 e. The molecule has 5 heteroatoms. The first-order valence-electron chi connectivity index (χ1n) is 7.31. The van der Waals surface area contributed by atoms with Crippen LogP contribution in [-0.2, 0) is 20.7 Å². The van der Waals surface area contributed by atoms with E-state index < -0.39 is 12.0 Å². The molecule has 1 saturated heterocycles. The van der Waals surface area contributed by atoms with E-state index in [0.717, 1.165) is 12.8 Å². The minimum atomic E-state index is -0.977. The van der Waals surface area contributed by atoms with Gasteiger partial charge in [0.15, 0.2) is 0 Å². The van der Waals surface area contributed by atoms with Crippen molar-refractivity contribution in [2.24, 2.45) is 5.92 Å². The van der Waals surface area contributed by atoms with Crippen molar-refractivity contribution in [2.75, 3.05) is 13.2 Å². The number of aliphatic carboxylic acids is 1. The highest BCUT2D eigenvalue weighted by Gasteiger charge is 2.27. The molecule has 21 heavy (non-hydrogen) atoms. The van der Waals surface area contributed by atoms with Crippen molar-refractivity contribution in [2.45, 2.75) is 31.7 Å². The van der Waals surface area contributed by atoms with Gasteiger partial charge in [0.05, 0.1) is 12.5 Å². The number of carbonyl (C=O) groups excluding carboxylic acids is 1. The summed E-state index contributed by atoms with van der Waals surface area (Å²) < 4.78 is 5.15.